The molecule has 33 heavy (non-hydrogen) atoms. The topological polar surface area (TPSA) is 240 Å². The maximum atomic E-state index is 12.9. The maximum Gasteiger partial charge on any atom is 0.326 e. The highest BCUT2D eigenvalue weighted by Crippen LogP contribution is 2.07. The lowest BCUT2D eigenvalue weighted by Crippen LogP contribution is -2.60. The molecule has 13 heteroatoms. The number of carboxylic acids is 1. The van der Waals surface area contributed by atoms with Gasteiger partial charge < -0.3 is 43.4 Å². The molecule has 0 aromatic carbocycles. The molecule has 0 aromatic heterocycles. The summed E-state index contributed by atoms with van der Waals surface area (Å²) in [5.41, 5.74) is 16.4. The molecule has 190 valence electrons. The van der Waals surface area contributed by atoms with Crippen molar-refractivity contribution in [2.24, 2.45) is 23.1 Å². The fraction of sp³-hybridized carbons (Fsp3) is 0.750. The van der Waals surface area contributed by atoms with E-state index in [-0.39, 0.29) is 12.3 Å². The Bertz CT molecular complexity index is 686. The molecule has 0 fully saturated rings. The first kappa shape index (κ1) is 30.2. The van der Waals surface area contributed by atoms with Gasteiger partial charge in [0, 0.05) is 0 Å². The molecule has 0 aliphatic heterocycles. The Morgan fingerprint density at radius 1 is 0.879 bits per heavy atom. The summed E-state index contributed by atoms with van der Waals surface area (Å²) < 4.78 is 0. The number of carbonyl (C=O) groups excluding carboxylic acids is 4. The Hall–Kier alpha value is -2.77. The summed E-state index contributed by atoms with van der Waals surface area (Å²) in [6, 6.07) is -5.08. The second-order valence-electron chi connectivity index (χ2n) is 8.38. The SMILES string of the molecule is CC(C)CC(N)C(=O)NC(CCCCN)C(=O)NC(C(=O)NC(CC(N)=O)C(=O)O)C(C)O. The monoisotopic (exact) mass is 474 g/mol. The van der Waals surface area contributed by atoms with Crippen LogP contribution in [-0.2, 0) is 24.0 Å². The molecule has 0 radical (unpaired) electrons. The Balaban J connectivity index is 5.43. The minimum absolute atomic E-state index is 0.154. The second-order valence-corrected chi connectivity index (χ2v) is 8.38. The smallest absolute Gasteiger partial charge is 0.326 e. The number of carboxylic acid groups (broad SMARTS) is 1. The zero-order valence-corrected chi connectivity index (χ0v) is 19.4. The van der Waals surface area contributed by atoms with Gasteiger partial charge in [-0.1, -0.05) is 13.8 Å². The molecule has 4 amide bonds. The maximum absolute atomic E-state index is 12.9. The van der Waals surface area contributed by atoms with Crippen LogP contribution in [0.2, 0.25) is 0 Å². The Kier molecular flexibility index (Phi) is 13.9. The predicted octanol–water partition coefficient (Wildman–Crippen LogP) is -2.72. The van der Waals surface area contributed by atoms with Crippen molar-refractivity contribution in [1.82, 2.24) is 16.0 Å². The summed E-state index contributed by atoms with van der Waals surface area (Å²) in [7, 11) is 0. The summed E-state index contributed by atoms with van der Waals surface area (Å²) in [6.45, 7) is 5.39. The number of unbranched alkanes of at least 4 members (excludes halogenated alkanes) is 1. The first-order valence-electron chi connectivity index (χ1n) is 10.9. The van der Waals surface area contributed by atoms with E-state index in [0.29, 0.717) is 25.8 Å². The highest BCUT2D eigenvalue weighted by atomic mass is 16.4. The number of aliphatic hydroxyl groups excluding tert-OH is 1. The molecule has 5 unspecified atom stereocenters. The van der Waals surface area contributed by atoms with Crippen LogP contribution in [0.5, 0.6) is 0 Å². The second kappa shape index (κ2) is 15.1. The molecule has 0 spiro atoms. The zero-order chi connectivity index (χ0) is 25.7. The number of nitrogens with two attached hydrogens (primary N) is 3. The van der Waals surface area contributed by atoms with Crippen molar-refractivity contribution in [3.8, 4) is 0 Å². The van der Waals surface area contributed by atoms with Gasteiger partial charge in [0.25, 0.3) is 0 Å². The molecule has 5 atom stereocenters. The number of hydrogen-bond acceptors (Lipinski definition) is 8. The van der Waals surface area contributed by atoms with Crippen molar-refractivity contribution >= 4 is 29.6 Å². The van der Waals surface area contributed by atoms with E-state index in [9.17, 15) is 29.1 Å². The van der Waals surface area contributed by atoms with E-state index in [2.05, 4.69) is 16.0 Å². The molecule has 11 N–H and O–H groups in total. The van der Waals surface area contributed by atoms with Crippen molar-refractivity contribution in [2.45, 2.75) is 83.1 Å². The van der Waals surface area contributed by atoms with Gasteiger partial charge in [0.2, 0.25) is 23.6 Å². The lowest BCUT2D eigenvalue weighted by atomic mass is 10.0. The van der Waals surface area contributed by atoms with E-state index in [1.807, 2.05) is 13.8 Å². The van der Waals surface area contributed by atoms with E-state index in [1.165, 1.54) is 6.92 Å². The molecule has 0 aliphatic carbocycles. The standard InChI is InChI=1S/C20H38N6O7/c1-10(2)8-12(22)17(29)24-13(6-4-5-7-21)18(30)26-16(11(3)27)19(31)25-14(20(32)33)9-15(23)28/h10-14,16,27H,4-9,21-22H2,1-3H3,(H2,23,28)(H,24,29)(H,25,31)(H,26,30)(H,32,33). The summed E-state index contributed by atoms with van der Waals surface area (Å²) in [6.07, 6.45) is -0.395. The van der Waals surface area contributed by atoms with Gasteiger partial charge in [0.1, 0.15) is 18.1 Å². The summed E-state index contributed by atoms with van der Waals surface area (Å²) in [5.74, 6) is -4.65. The number of carbonyl (C=O) groups is 5. The fourth-order valence-corrected chi connectivity index (χ4v) is 2.98. The Morgan fingerprint density at radius 3 is 1.91 bits per heavy atom. The van der Waals surface area contributed by atoms with Crippen LogP contribution in [-0.4, -0.2) is 76.6 Å². The van der Waals surface area contributed by atoms with Crippen LogP contribution in [0.1, 0.15) is 52.9 Å². The molecule has 0 rings (SSSR count). The number of aliphatic carboxylic acids is 1. The van der Waals surface area contributed by atoms with Gasteiger partial charge in [-0.15, -0.1) is 0 Å². The van der Waals surface area contributed by atoms with Gasteiger partial charge in [-0.3, -0.25) is 19.2 Å². The molecule has 0 aromatic rings. The average molecular weight is 475 g/mol. The van der Waals surface area contributed by atoms with Crippen molar-refractivity contribution in [1.29, 1.82) is 0 Å². The van der Waals surface area contributed by atoms with Crippen LogP contribution in [0.4, 0.5) is 0 Å². The molecule has 0 bridgehead atoms. The minimum Gasteiger partial charge on any atom is -0.480 e. The van der Waals surface area contributed by atoms with Crippen LogP contribution in [0.3, 0.4) is 0 Å². The van der Waals surface area contributed by atoms with E-state index < -0.39 is 66.3 Å². The van der Waals surface area contributed by atoms with Crippen LogP contribution < -0.4 is 33.2 Å². The van der Waals surface area contributed by atoms with E-state index >= 15 is 0 Å². The Morgan fingerprint density at radius 2 is 1.45 bits per heavy atom. The van der Waals surface area contributed by atoms with Gasteiger partial charge in [-0.05, 0) is 45.1 Å². The number of rotatable bonds is 16. The zero-order valence-electron chi connectivity index (χ0n) is 19.4. The van der Waals surface area contributed by atoms with Gasteiger partial charge in [-0.25, -0.2) is 4.79 Å². The third-order valence-corrected chi connectivity index (χ3v) is 4.72. The number of amides is 4. The normalized spacial score (nSPS) is 15.6. The quantitative estimate of drug-likeness (QED) is 0.108. The van der Waals surface area contributed by atoms with Gasteiger partial charge >= 0.3 is 5.97 Å². The largest absolute Gasteiger partial charge is 0.480 e. The molecule has 0 aliphatic rings. The van der Waals surface area contributed by atoms with Crippen molar-refractivity contribution in [3.05, 3.63) is 0 Å². The minimum atomic E-state index is -1.64. The fourth-order valence-electron chi connectivity index (χ4n) is 2.98. The van der Waals surface area contributed by atoms with Crippen LogP contribution >= 0.6 is 0 Å². The predicted molar refractivity (Wildman–Crippen MR) is 119 cm³/mol. The Labute approximate surface area is 193 Å². The summed E-state index contributed by atoms with van der Waals surface area (Å²) in [5, 5.41) is 26.1. The number of primary amides is 1. The number of nitrogens with one attached hydrogen (secondary N) is 3. The molecule has 0 saturated carbocycles. The molecule has 0 heterocycles. The lowest BCUT2D eigenvalue weighted by molar-refractivity contribution is -0.144. The average Bonchev–Trinajstić information content (AvgIpc) is 2.69. The van der Waals surface area contributed by atoms with Crippen LogP contribution in [0.15, 0.2) is 0 Å². The van der Waals surface area contributed by atoms with E-state index in [0.717, 1.165) is 0 Å². The van der Waals surface area contributed by atoms with Crippen molar-refractivity contribution < 1.29 is 34.2 Å². The summed E-state index contributed by atoms with van der Waals surface area (Å²) in [4.78, 5) is 60.1. The van der Waals surface area contributed by atoms with Crippen LogP contribution in [0, 0.1) is 5.92 Å². The first-order chi connectivity index (χ1) is 15.3. The van der Waals surface area contributed by atoms with Gasteiger partial charge in [0.15, 0.2) is 0 Å². The summed E-state index contributed by atoms with van der Waals surface area (Å²) >= 11 is 0. The number of hydrogen-bond donors (Lipinski definition) is 8. The highest BCUT2D eigenvalue weighted by Gasteiger charge is 2.33. The van der Waals surface area contributed by atoms with E-state index in [1.54, 1.807) is 0 Å². The third-order valence-electron chi connectivity index (χ3n) is 4.72. The first-order valence-corrected chi connectivity index (χ1v) is 10.9. The van der Waals surface area contributed by atoms with Gasteiger partial charge in [0.05, 0.1) is 18.6 Å². The van der Waals surface area contributed by atoms with E-state index in [4.69, 9.17) is 22.3 Å². The molecular weight excluding hydrogens is 436 g/mol. The van der Waals surface area contributed by atoms with Crippen molar-refractivity contribution in [3.63, 3.8) is 0 Å². The lowest BCUT2D eigenvalue weighted by Gasteiger charge is -2.26. The molecule has 13 nitrogen and oxygen atoms in total. The third kappa shape index (κ3) is 12.2. The molecule has 0 saturated heterocycles. The van der Waals surface area contributed by atoms with Crippen molar-refractivity contribution in [2.75, 3.05) is 6.54 Å². The molecular formula is C20H38N6O7. The van der Waals surface area contributed by atoms with Crippen LogP contribution in [0.25, 0.3) is 0 Å². The van der Waals surface area contributed by atoms with Gasteiger partial charge in [-0.2, -0.15) is 0 Å². The highest BCUT2D eigenvalue weighted by molar-refractivity contribution is 5.95. The number of aliphatic hydroxyl groups is 1.